The molecule has 0 aromatic rings. The topological polar surface area (TPSA) is 12.4 Å². The minimum atomic E-state index is 0.968. The Bertz CT molecular complexity index is 116. The van der Waals surface area contributed by atoms with Crippen LogP contribution in [0.25, 0.3) is 0 Å². The van der Waals surface area contributed by atoms with E-state index in [1.165, 1.54) is 18.0 Å². The monoisotopic (exact) mass is 127 g/mol. The van der Waals surface area contributed by atoms with Crippen molar-refractivity contribution in [2.45, 2.75) is 6.92 Å². The van der Waals surface area contributed by atoms with Crippen LogP contribution in [0.5, 0.6) is 0 Å². The molecule has 0 aromatic carbocycles. The van der Waals surface area contributed by atoms with E-state index >= 15 is 0 Å². The maximum atomic E-state index is 3.89. The molecule has 0 amide bonds. The lowest BCUT2D eigenvalue weighted by atomic mass is 10.8. The van der Waals surface area contributed by atoms with Crippen LogP contribution < -0.4 is 0 Å². The summed E-state index contributed by atoms with van der Waals surface area (Å²) in [6, 6.07) is 0. The van der Waals surface area contributed by atoms with Gasteiger partial charge < -0.3 is 0 Å². The van der Waals surface area contributed by atoms with Crippen molar-refractivity contribution in [2.24, 2.45) is 4.99 Å². The zero-order chi connectivity index (χ0) is 6.41. The maximum absolute atomic E-state index is 3.89. The Morgan fingerprint density at radius 2 is 2.25 bits per heavy atom. The summed E-state index contributed by atoms with van der Waals surface area (Å²) >= 11 is 1.50. The van der Waals surface area contributed by atoms with E-state index in [4.69, 9.17) is 0 Å². The summed E-state index contributed by atoms with van der Waals surface area (Å²) in [6.45, 7) is 8.89. The Hall–Kier alpha value is -0.500. The molecular formula is C6H9NS. The number of rotatable bonds is 2. The number of aliphatic imine (C=N–C) groups is 1. The molecule has 0 atom stereocenters. The van der Waals surface area contributed by atoms with E-state index in [2.05, 4.69) is 18.2 Å². The normalized spacial score (nSPS) is 10.9. The highest BCUT2D eigenvalue weighted by Gasteiger charge is 1.80. The van der Waals surface area contributed by atoms with E-state index in [1.54, 1.807) is 5.41 Å². The van der Waals surface area contributed by atoms with E-state index < -0.39 is 0 Å². The van der Waals surface area contributed by atoms with Crippen LogP contribution in [-0.4, -0.2) is 5.04 Å². The van der Waals surface area contributed by atoms with Gasteiger partial charge in [-0.2, -0.15) is 0 Å². The molecule has 2 heteroatoms. The number of hydrogen-bond donors (Lipinski definition) is 0. The fraction of sp³-hybridized carbons (Fsp3) is 0.167. The van der Waals surface area contributed by atoms with Crippen LogP contribution >= 0.6 is 11.8 Å². The summed E-state index contributed by atoms with van der Waals surface area (Å²) < 4.78 is 0. The van der Waals surface area contributed by atoms with Crippen LogP contribution in [0.1, 0.15) is 6.92 Å². The molecule has 0 spiro atoms. The summed E-state index contributed by atoms with van der Waals surface area (Å²) in [5.74, 6) is 0. The van der Waals surface area contributed by atoms with Crippen LogP contribution in [0, 0.1) is 0 Å². The van der Waals surface area contributed by atoms with Gasteiger partial charge in [-0.25, -0.2) is 0 Å². The minimum absolute atomic E-state index is 0.968. The van der Waals surface area contributed by atoms with E-state index in [0.717, 1.165) is 5.04 Å². The second-order valence-corrected chi connectivity index (χ2v) is 2.28. The molecule has 0 aliphatic heterocycles. The van der Waals surface area contributed by atoms with Gasteiger partial charge in [0.2, 0.25) is 0 Å². The van der Waals surface area contributed by atoms with Gasteiger partial charge in [0.1, 0.15) is 0 Å². The molecule has 0 rings (SSSR count). The van der Waals surface area contributed by atoms with Crippen LogP contribution in [0.3, 0.4) is 0 Å². The first-order chi connectivity index (χ1) is 3.81. The van der Waals surface area contributed by atoms with Crippen molar-refractivity contribution in [3.63, 3.8) is 0 Å². The van der Waals surface area contributed by atoms with Gasteiger partial charge in [-0.05, 0) is 12.3 Å². The molecule has 1 nitrogen and oxygen atoms in total. The van der Waals surface area contributed by atoms with Gasteiger partial charge in [-0.3, -0.25) is 4.99 Å². The van der Waals surface area contributed by atoms with E-state index in [-0.39, 0.29) is 0 Å². The number of nitrogens with zero attached hydrogens (tertiary/aromatic N) is 1. The van der Waals surface area contributed by atoms with Crippen molar-refractivity contribution in [3.8, 4) is 0 Å². The Morgan fingerprint density at radius 1 is 1.62 bits per heavy atom. The molecule has 0 fully saturated rings. The summed E-state index contributed by atoms with van der Waals surface area (Å²) in [6.07, 6.45) is 1.52. The molecular weight excluding hydrogens is 118 g/mol. The number of thioether (sulfide) groups is 1. The lowest BCUT2D eigenvalue weighted by Gasteiger charge is -1.86. The SMILES string of the molecule is C=CN=C(C)SC=C. The van der Waals surface area contributed by atoms with Crippen molar-refractivity contribution in [3.05, 3.63) is 24.8 Å². The lowest BCUT2D eigenvalue weighted by Crippen LogP contribution is -1.75. The Balaban J connectivity index is 3.60. The minimum Gasteiger partial charge on any atom is -0.255 e. The van der Waals surface area contributed by atoms with Crippen molar-refractivity contribution < 1.29 is 0 Å². The predicted octanol–water partition coefficient (Wildman–Crippen LogP) is 2.43. The molecule has 0 aliphatic rings. The van der Waals surface area contributed by atoms with Crippen molar-refractivity contribution >= 4 is 16.8 Å². The summed E-state index contributed by atoms with van der Waals surface area (Å²) in [5.41, 5.74) is 0. The highest BCUT2D eigenvalue weighted by Crippen LogP contribution is 2.02. The van der Waals surface area contributed by atoms with Gasteiger partial charge in [0.15, 0.2) is 0 Å². The fourth-order valence-corrected chi connectivity index (χ4v) is 0.656. The molecule has 0 radical (unpaired) electrons. The largest absolute Gasteiger partial charge is 0.255 e. The third kappa shape index (κ3) is 3.68. The van der Waals surface area contributed by atoms with Crippen LogP contribution in [0.2, 0.25) is 0 Å². The Morgan fingerprint density at radius 3 is 2.62 bits per heavy atom. The fourth-order valence-electron chi connectivity index (χ4n) is 0.280. The lowest BCUT2D eigenvalue weighted by molar-refractivity contribution is 1.59. The standard InChI is InChI=1S/C6H9NS/c1-4-7-6(3)8-5-2/h4-5H,1-2H2,3H3. The zero-order valence-corrected chi connectivity index (χ0v) is 5.74. The third-order valence-corrected chi connectivity index (χ3v) is 1.14. The van der Waals surface area contributed by atoms with Gasteiger partial charge in [0.05, 0.1) is 5.04 Å². The second kappa shape index (κ2) is 4.65. The molecule has 0 heterocycles. The molecule has 8 heavy (non-hydrogen) atoms. The first-order valence-electron chi connectivity index (χ1n) is 2.24. The predicted molar refractivity (Wildman–Crippen MR) is 41.1 cm³/mol. The van der Waals surface area contributed by atoms with Gasteiger partial charge in [-0.15, -0.1) is 0 Å². The third-order valence-electron chi connectivity index (χ3n) is 0.527. The van der Waals surface area contributed by atoms with Crippen molar-refractivity contribution in [1.82, 2.24) is 0 Å². The molecule has 44 valence electrons. The van der Waals surface area contributed by atoms with E-state index in [1.807, 2.05) is 6.92 Å². The van der Waals surface area contributed by atoms with E-state index in [9.17, 15) is 0 Å². The highest BCUT2D eigenvalue weighted by atomic mass is 32.2. The van der Waals surface area contributed by atoms with Crippen molar-refractivity contribution in [1.29, 1.82) is 0 Å². The average Bonchev–Trinajstić information content (AvgIpc) is 1.68. The van der Waals surface area contributed by atoms with Crippen molar-refractivity contribution in [2.75, 3.05) is 0 Å². The molecule has 0 bridgehead atoms. The summed E-state index contributed by atoms with van der Waals surface area (Å²) in [4.78, 5) is 3.89. The highest BCUT2D eigenvalue weighted by molar-refractivity contribution is 8.16. The maximum Gasteiger partial charge on any atom is 0.0741 e. The zero-order valence-electron chi connectivity index (χ0n) is 4.92. The van der Waals surface area contributed by atoms with Gasteiger partial charge in [-0.1, -0.05) is 24.9 Å². The quantitative estimate of drug-likeness (QED) is 0.410. The molecule has 0 unspecified atom stereocenters. The first-order valence-corrected chi connectivity index (χ1v) is 3.12. The van der Waals surface area contributed by atoms with Gasteiger partial charge in [0.25, 0.3) is 0 Å². The Kier molecular flexibility index (Phi) is 4.36. The van der Waals surface area contributed by atoms with Gasteiger partial charge >= 0.3 is 0 Å². The molecule has 0 aromatic heterocycles. The molecule has 0 aliphatic carbocycles. The summed E-state index contributed by atoms with van der Waals surface area (Å²) in [5, 5.41) is 2.71. The van der Waals surface area contributed by atoms with Gasteiger partial charge in [0, 0.05) is 6.20 Å². The molecule has 0 saturated heterocycles. The molecule has 0 N–H and O–H groups in total. The van der Waals surface area contributed by atoms with Crippen LogP contribution in [0.15, 0.2) is 29.8 Å². The Labute approximate surface area is 54.2 Å². The smallest absolute Gasteiger partial charge is 0.0741 e. The van der Waals surface area contributed by atoms with E-state index in [0.29, 0.717) is 0 Å². The van der Waals surface area contributed by atoms with Crippen LogP contribution in [-0.2, 0) is 0 Å². The average molecular weight is 127 g/mol. The van der Waals surface area contributed by atoms with Crippen LogP contribution in [0.4, 0.5) is 0 Å². The summed E-state index contributed by atoms with van der Waals surface area (Å²) in [7, 11) is 0. The first kappa shape index (κ1) is 7.50. The molecule has 0 saturated carbocycles. The number of hydrogen-bond acceptors (Lipinski definition) is 2. The second-order valence-electron chi connectivity index (χ2n) is 1.12.